The molecule has 4 nitrogen and oxygen atoms in total. The van der Waals surface area contributed by atoms with Gasteiger partial charge < -0.3 is 0 Å². The summed E-state index contributed by atoms with van der Waals surface area (Å²) in [7, 11) is 0. The maximum atomic E-state index is 5.06. The molecular weight excluding hydrogens is 565 g/mol. The van der Waals surface area contributed by atoms with Crippen molar-refractivity contribution in [3.8, 4) is 56.2 Å². The third-order valence-electron chi connectivity index (χ3n) is 8.84. The molecule has 4 aromatic heterocycles. The van der Waals surface area contributed by atoms with Crippen LogP contribution in [0.5, 0.6) is 0 Å². The maximum Gasteiger partial charge on any atom is 0.194 e. The van der Waals surface area contributed by atoms with Gasteiger partial charge >= 0.3 is 0 Å². The molecule has 4 aromatic carbocycles. The Kier molecular flexibility index (Phi) is 5.25. The third-order valence-corrected chi connectivity index (χ3v) is 10.4. The maximum absolute atomic E-state index is 5.06. The molecule has 0 radical (unpaired) electrons. The molecule has 8 aromatic rings. The number of rotatable bonds is 4. The minimum atomic E-state index is -0.173. The Hall–Kier alpha value is -4.78. The standard InChI is InChI=1S/C37H26N4S2/c1-37(2)29-21-25(33-31(23-9-5-3-6-10-23)38-35-40(33)17-19-42-35)13-15-27(29)28-16-14-26(22-30(28)37)34-32(24-11-7-4-8-12-24)39-36-41(34)18-20-43-36/h3-22H,1-2H3. The number of imidazole rings is 2. The molecule has 1 aliphatic rings. The molecule has 6 heteroatoms. The second-order valence-corrected chi connectivity index (χ2v) is 13.4. The van der Waals surface area contributed by atoms with E-state index in [2.05, 4.69) is 143 Å². The average Bonchev–Trinajstić information content (AvgIpc) is 3.85. The number of thiazole rings is 2. The molecule has 0 aliphatic heterocycles. The average molecular weight is 591 g/mol. The van der Waals surface area contributed by atoms with E-state index in [0.717, 1.165) is 43.8 Å². The van der Waals surface area contributed by atoms with E-state index in [-0.39, 0.29) is 5.41 Å². The highest BCUT2D eigenvalue weighted by molar-refractivity contribution is 7.15. The van der Waals surface area contributed by atoms with Crippen LogP contribution in [0, 0.1) is 0 Å². The summed E-state index contributed by atoms with van der Waals surface area (Å²) < 4.78 is 4.47. The first-order valence-corrected chi connectivity index (χ1v) is 16.2. The molecule has 0 unspecified atom stereocenters. The Labute approximate surface area is 257 Å². The summed E-state index contributed by atoms with van der Waals surface area (Å²) in [6.45, 7) is 4.71. The summed E-state index contributed by atoms with van der Waals surface area (Å²) in [5.41, 5.74) is 14.1. The van der Waals surface area contributed by atoms with Gasteiger partial charge in [0.1, 0.15) is 0 Å². The molecule has 9 rings (SSSR count). The van der Waals surface area contributed by atoms with Gasteiger partial charge in [-0.2, -0.15) is 0 Å². The van der Waals surface area contributed by atoms with Crippen LogP contribution in [0.1, 0.15) is 25.0 Å². The monoisotopic (exact) mass is 590 g/mol. The lowest BCUT2D eigenvalue weighted by Crippen LogP contribution is -2.15. The van der Waals surface area contributed by atoms with Gasteiger partial charge in [0.25, 0.3) is 0 Å². The van der Waals surface area contributed by atoms with Crippen LogP contribution in [0.25, 0.3) is 66.1 Å². The zero-order chi connectivity index (χ0) is 28.7. The van der Waals surface area contributed by atoms with E-state index in [9.17, 15) is 0 Å². The van der Waals surface area contributed by atoms with Crippen molar-refractivity contribution in [3.05, 3.63) is 131 Å². The molecule has 0 amide bonds. The van der Waals surface area contributed by atoms with Gasteiger partial charge in [-0.3, -0.25) is 8.80 Å². The number of hydrogen-bond acceptors (Lipinski definition) is 4. The molecule has 0 saturated heterocycles. The van der Waals surface area contributed by atoms with Crippen LogP contribution in [0.2, 0.25) is 0 Å². The van der Waals surface area contributed by atoms with Crippen LogP contribution in [0.4, 0.5) is 0 Å². The fraction of sp³-hybridized carbons (Fsp3) is 0.0811. The van der Waals surface area contributed by atoms with Gasteiger partial charge in [0.2, 0.25) is 0 Å². The minimum absolute atomic E-state index is 0.173. The lowest BCUT2D eigenvalue weighted by Gasteiger charge is -2.22. The lowest BCUT2D eigenvalue weighted by atomic mass is 9.81. The van der Waals surface area contributed by atoms with Gasteiger partial charge in [-0.05, 0) is 34.4 Å². The van der Waals surface area contributed by atoms with E-state index in [0.29, 0.717) is 0 Å². The largest absolute Gasteiger partial charge is 0.290 e. The second kappa shape index (κ2) is 9.11. The summed E-state index contributed by atoms with van der Waals surface area (Å²) in [5.74, 6) is 0. The van der Waals surface area contributed by atoms with Gasteiger partial charge in [-0.1, -0.05) is 98.8 Å². The van der Waals surface area contributed by atoms with Crippen molar-refractivity contribution in [3.63, 3.8) is 0 Å². The third kappa shape index (κ3) is 3.60. The Morgan fingerprint density at radius 2 is 0.977 bits per heavy atom. The molecule has 1 aliphatic carbocycles. The van der Waals surface area contributed by atoms with Crippen LogP contribution >= 0.6 is 22.7 Å². The predicted molar refractivity (Wildman–Crippen MR) is 179 cm³/mol. The van der Waals surface area contributed by atoms with Gasteiger partial charge in [0.15, 0.2) is 9.92 Å². The molecule has 43 heavy (non-hydrogen) atoms. The molecular formula is C37H26N4S2. The van der Waals surface area contributed by atoms with Crippen LogP contribution in [-0.4, -0.2) is 18.8 Å². The summed E-state index contributed by atoms with van der Waals surface area (Å²) in [5, 5.41) is 4.22. The van der Waals surface area contributed by atoms with Gasteiger partial charge in [-0.15, -0.1) is 22.7 Å². The molecule has 0 fully saturated rings. The van der Waals surface area contributed by atoms with Crippen LogP contribution < -0.4 is 0 Å². The van der Waals surface area contributed by atoms with Gasteiger partial charge in [0.05, 0.1) is 22.8 Å². The van der Waals surface area contributed by atoms with E-state index < -0.39 is 0 Å². The molecule has 0 saturated carbocycles. The van der Waals surface area contributed by atoms with Crippen molar-refractivity contribution in [1.82, 2.24) is 18.8 Å². The van der Waals surface area contributed by atoms with Crippen LogP contribution in [0.15, 0.2) is 120 Å². The fourth-order valence-corrected chi connectivity index (χ4v) is 8.18. The van der Waals surface area contributed by atoms with Crippen molar-refractivity contribution in [2.45, 2.75) is 19.3 Å². The van der Waals surface area contributed by atoms with Crippen LogP contribution in [0.3, 0.4) is 0 Å². The summed E-state index contributed by atoms with van der Waals surface area (Å²) in [6, 6.07) is 35.0. The van der Waals surface area contributed by atoms with E-state index in [1.165, 1.54) is 33.4 Å². The molecule has 0 N–H and O–H groups in total. The van der Waals surface area contributed by atoms with Crippen molar-refractivity contribution in [1.29, 1.82) is 0 Å². The Morgan fingerprint density at radius 3 is 1.42 bits per heavy atom. The normalized spacial score (nSPS) is 13.5. The Morgan fingerprint density at radius 1 is 0.535 bits per heavy atom. The number of benzene rings is 4. The number of hydrogen-bond donors (Lipinski definition) is 0. The smallest absolute Gasteiger partial charge is 0.194 e. The van der Waals surface area contributed by atoms with Gasteiger partial charge in [0, 0.05) is 50.8 Å². The van der Waals surface area contributed by atoms with Crippen molar-refractivity contribution >= 4 is 32.6 Å². The fourth-order valence-electron chi connectivity index (χ4n) is 6.75. The highest BCUT2D eigenvalue weighted by atomic mass is 32.1. The first-order valence-electron chi connectivity index (χ1n) is 14.4. The summed E-state index contributed by atoms with van der Waals surface area (Å²) in [4.78, 5) is 12.1. The van der Waals surface area contributed by atoms with E-state index >= 15 is 0 Å². The lowest BCUT2D eigenvalue weighted by molar-refractivity contribution is 0.661. The van der Waals surface area contributed by atoms with Crippen molar-refractivity contribution in [2.24, 2.45) is 0 Å². The van der Waals surface area contributed by atoms with Crippen molar-refractivity contribution < 1.29 is 0 Å². The first kappa shape index (κ1) is 24.8. The highest BCUT2D eigenvalue weighted by Gasteiger charge is 2.36. The zero-order valence-corrected chi connectivity index (χ0v) is 25.3. The topological polar surface area (TPSA) is 34.6 Å². The number of aromatic nitrogens is 4. The summed E-state index contributed by atoms with van der Waals surface area (Å²) >= 11 is 3.35. The van der Waals surface area contributed by atoms with E-state index in [1.54, 1.807) is 22.7 Å². The number of nitrogens with zero attached hydrogens (tertiary/aromatic N) is 4. The predicted octanol–water partition coefficient (Wildman–Crippen LogP) is 10.1. The van der Waals surface area contributed by atoms with Gasteiger partial charge in [-0.25, -0.2) is 9.97 Å². The first-order chi connectivity index (χ1) is 21.1. The zero-order valence-electron chi connectivity index (χ0n) is 23.7. The molecule has 0 bridgehead atoms. The summed E-state index contributed by atoms with van der Waals surface area (Å²) in [6.07, 6.45) is 4.27. The Balaban J connectivity index is 1.20. The Bertz CT molecular complexity index is 2150. The number of fused-ring (bicyclic) bond motifs is 5. The quantitative estimate of drug-likeness (QED) is 0.204. The second-order valence-electron chi connectivity index (χ2n) is 11.6. The van der Waals surface area contributed by atoms with Crippen molar-refractivity contribution in [2.75, 3.05) is 0 Å². The van der Waals surface area contributed by atoms with E-state index in [1.807, 2.05) is 0 Å². The minimum Gasteiger partial charge on any atom is -0.290 e. The highest BCUT2D eigenvalue weighted by Crippen LogP contribution is 2.51. The van der Waals surface area contributed by atoms with E-state index in [4.69, 9.17) is 9.97 Å². The molecule has 206 valence electrons. The molecule has 0 atom stereocenters. The molecule has 0 spiro atoms. The van der Waals surface area contributed by atoms with Crippen LogP contribution in [-0.2, 0) is 5.41 Å². The SMILES string of the molecule is CC1(C)c2cc(-c3c(-c4ccccc4)nc4sccn34)ccc2-c2ccc(-c3c(-c4ccccc4)nc4sccn34)cc21. The molecule has 4 heterocycles.